The van der Waals surface area contributed by atoms with E-state index in [2.05, 4.69) is 33.5 Å². The van der Waals surface area contributed by atoms with Crippen LogP contribution in [-0.2, 0) is 4.79 Å². The van der Waals surface area contributed by atoms with Crippen molar-refractivity contribution in [3.8, 4) is 0 Å². The van der Waals surface area contributed by atoms with Gasteiger partial charge in [0.25, 0.3) is 0 Å². The van der Waals surface area contributed by atoms with Gasteiger partial charge in [0.1, 0.15) is 5.76 Å². The topological polar surface area (TPSA) is 82.4 Å². The maximum absolute atomic E-state index is 12.0. The zero-order chi connectivity index (χ0) is 16.9. The first kappa shape index (κ1) is 16.6. The monoisotopic (exact) mass is 329 g/mol. The Balaban J connectivity index is 1.44. The molecule has 1 saturated heterocycles. The highest BCUT2D eigenvalue weighted by Crippen LogP contribution is 2.22. The number of benzene rings is 1. The number of rotatable bonds is 6. The highest BCUT2D eigenvalue weighted by Gasteiger charge is 2.26. The van der Waals surface area contributed by atoms with Crippen molar-refractivity contribution in [1.82, 2.24) is 20.9 Å². The van der Waals surface area contributed by atoms with Gasteiger partial charge in [-0.3, -0.25) is 15.1 Å². The number of anilines is 1. The van der Waals surface area contributed by atoms with Crippen LogP contribution in [-0.4, -0.2) is 42.1 Å². The summed E-state index contributed by atoms with van der Waals surface area (Å²) in [4.78, 5) is 14.0. The average molecular weight is 329 g/mol. The largest absolute Gasteiger partial charge is 0.360 e. The average Bonchev–Trinajstić information content (AvgIpc) is 3.17. The van der Waals surface area contributed by atoms with Crippen LogP contribution in [0.1, 0.15) is 23.8 Å². The van der Waals surface area contributed by atoms with Crippen molar-refractivity contribution in [2.75, 3.05) is 25.5 Å². The molecule has 0 bridgehead atoms. The molecule has 1 aromatic heterocycles. The van der Waals surface area contributed by atoms with Gasteiger partial charge in [-0.15, -0.1) is 0 Å². The number of aryl methyl sites for hydroxylation is 1. The summed E-state index contributed by atoms with van der Waals surface area (Å²) in [5.74, 6) is 1.03. The van der Waals surface area contributed by atoms with E-state index in [0.717, 1.165) is 13.0 Å². The summed E-state index contributed by atoms with van der Waals surface area (Å²) in [7, 11) is 1.94. The first-order valence-corrected chi connectivity index (χ1v) is 8.08. The molecule has 7 nitrogen and oxygen atoms in total. The number of nitrogens with one attached hydrogen (secondary N) is 3. The molecule has 0 spiro atoms. The van der Waals surface area contributed by atoms with Gasteiger partial charge in [0.05, 0.1) is 6.54 Å². The van der Waals surface area contributed by atoms with Gasteiger partial charge >= 0.3 is 0 Å². The number of hydrogen-bond acceptors (Lipinski definition) is 6. The summed E-state index contributed by atoms with van der Waals surface area (Å²) in [6.45, 7) is 2.87. The van der Waals surface area contributed by atoms with Crippen molar-refractivity contribution in [3.63, 3.8) is 0 Å². The number of nitrogens with zero attached hydrogens (tertiary/aromatic N) is 2. The molecule has 2 heterocycles. The van der Waals surface area contributed by atoms with Crippen LogP contribution in [0, 0.1) is 6.92 Å². The summed E-state index contributed by atoms with van der Waals surface area (Å²) in [5, 5.41) is 6.49. The minimum atomic E-state index is -0.101. The molecule has 0 saturated carbocycles. The molecule has 24 heavy (non-hydrogen) atoms. The smallest absolute Gasteiger partial charge is 0.239 e. The molecule has 1 aliphatic heterocycles. The van der Waals surface area contributed by atoms with Crippen LogP contribution >= 0.6 is 0 Å². The SMILES string of the molecule is Cc1cc(NC(=O)CN(C)CC2CC(c3ccccc3)NN2)no1. The van der Waals surface area contributed by atoms with Crippen LogP contribution in [0.2, 0.25) is 0 Å². The lowest BCUT2D eigenvalue weighted by Gasteiger charge is -2.19. The quantitative estimate of drug-likeness (QED) is 0.744. The second-order valence-corrected chi connectivity index (χ2v) is 6.25. The normalized spacial score (nSPS) is 20.5. The lowest BCUT2D eigenvalue weighted by Crippen LogP contribution is -2.41. The van der Waals surface area contributed by atoms with Gasteiger partial charge < -0.3 is 9.84 Å². The van der Waals surface area contributed by atoms with Crippen molar-refractivity contribution in [2.45, 2.75) is 25.4 Å². The maximum Gasteiger partial charge on any atom is 0.239 e. The molecule has 2 aromatic rings. The predicted molar refractivity (Wildman–Crippen MR) is 91.2 cm³/mol. The number of carbonyl (C=O) groups excluding carboxylic acids is 1. The highest BCUT2D eigenvalue weighted by atomic mass is 16.5. The first-order valence-electron chi connectivity index (χ1n) is 8.08. The molecule has 1 fully saturated rings. The highest BCUT2D eigenvalue weighted by molar-refractivity contribution is 5.91. The van der Waals surface area contributed by atoms with Gasteiger partial charge in [0, 0.05) is 24.7 Å². The third kappa shape index (κ3) is 4.41. The fraction of sp³-hybridized carbons (Fsp3) is 0.412. The van der Waals surface area contributed by atoms with Crippen LogP contribution in [0.5, 0.6) is 0 Å². The van der Waals surface area contributed by atoms with Crippen LogP contribution in [0.15, 0.2) is 40.9 Å². The van der Waals surface area contributed by atoms with Crippen molar-refractivity contribution in [2.24, 2.45) is 0 Å². The van der Waals surface area contributed by atoms with E-state index in [9.17, 15) is 4.79 Å². The van der Waals surface area contributed by atoms with Crippen LogP contribution < -0.4 is 16.2 Å². The molecule has 128 valence electrons. The molecule has 1 amide bonds. The van der Waals surface area contributed by atoms with E-state index in [1.807, 2.05) is 30.1 Å². The van der Waals surface area contributed by atoms with E-state index in [4.69, 9.17) is 4.52 Å². The van der Waals surface area contributed by atoms with E-state index in [1.54, 1.807) is 13.0 Å². The number of carbonyl (C=O) groups is 1. The first-order chi connectivity index (χ1) is 11.6. The van der Waals surface area contributed by atoms with E-state index >= 15 is 0 Å². The molecule has 1 aliphatic rings. The van der Waals surface area contributed by atoms with Gasteiger partial charge in [-0.1, -0.05) is 35.5 Å². The minimum absolute atomic E-state index is 0.101. The summed E-state index contributed by atoms with van der Waals surface area (Å²) in [6.07, 6.45) is 0.985. The maximum atomic E-state index is 12.0. The Kier molecular flexibility index (Phi) is 5.24. The van der Waals surface area contributed by atoms with E-state index < -0.39 is 0 Å². The van der Waals surface area contributed by atoms with Gasteiger partial charge in [-0.05, 0) is 26.0 Å². The Hall–Kier alpha value is -2.22. The molecule has 7 heteroatoms. The third-order valence-corrected chi connectivity index (χ3v) is 4.02. The Labute approximate surface area is 141 Å². The Morgan fingerprint density at radius 2 is 2.17 bits per heavy atom. The Morgan fingerprint density at radius 1 is 1.38 bits per heavy atom. The van der Waals surface area contributed by atoms with Crippen molar-refractivity contribution in [3.05, 3.63) is 47.7 Å². The van der Waals surface area contributed by atoms with Gasteiger partial charge in [0.2, 0.25) is 5.91 Å². The van der Waals surface area contributed by atoms with Gasteiger partial charge in [-0.25, -0.2) is 5.43 Å². The third-order valence-electron chi connectivity index (χ3n) is 4.02. The number of aromatic nitrogens is 1. The fourth-order valence-corrected chi connectivity index (χ4v) is 2.94. The number of likely N-dealkylation sites (N-methyl/N-ethyl adjacent to an activating group) is 1. The molecule has 0 radical (unpaired) electrons. The Morgan fingerprint density at radius 3 is 2.88 bits per heavy atom. The number of hydrazine groups is 1. The molecule has 0 aliphatic carbocycles. The molecule has 3 N–H and O–H groups in total. The lowest BCUT2D eigenvalue weighted by atomic mass is 10.0. The molecular formula is C17H23N5O2. The molecule has 1 aromatic carbocycles. The predicted octanol–water partition coefficient (Wildman–Crippen LogP) is 1.46. The lowest BCUT2D eigenvalue weighted by molar-refractivity contribution is -0.117. The second-order valence-electron chi connectivity index (χ2n) is 6.25. The van der Waals surface area contributed by atoms with Crippen LogP contribution in [0.25, 0.3) is 0 Å². The van der Waals surface area contributed by atoms with Crippen LogP contribution in [0.4, 0.5) is 5.82 Å². The van der Waals surface area contributed by atoms with Gasteiger partial charge in [0.15, 0.2) is 5.82 Å². The second kappa shape index (κ2) is 7.57. The molecule has 2 atom stereocenters. The van der Waals surface area contributed by atoms with Crippen molar-refractivity contribution >= 4 is 11.7 Å². The summed E-state index contributed by atoms with van der Waals surface area (Å²) in [6, 6.07) is 12.7. The standard InChI is InChI=1S/C17H23N5O2/c1-12-8-16(21-24-12)18-17(23)11-22(2)10-14-9-15(20-19-14)13-6-4-3-5-7-13/h3-8,14-15,19-20H,9-11H2,1-2H3,(H,18,21,23). The molecule has 2 unspecified atom stereocenters. The van der Waals surface area contributed by atoms with Crippen molar-refractivity contribution in [1.29, 1.82) is 0 Å². The zero-order valence-electron chi connectivity index (χ0n) is 14.0. The summed E-state index contributed by atoms with van der Waals surface area (Å²) >= 11 is 0. The molecular weight excluding hydrogens is 306 g/mol. The van der Waals surface area contributed by atoms with E-state index in [1.165, 1.54) is 5.56 Å². The van der Waals surface area contributed by atoms with Gasteiger partial charge in [-0.2, -0.15) is 0 Å². The van der Waals surface area contributed by atoms with E-state index in [-0.39, 0.29) is 5.91 Å². The molecule has 3 rings (SSSR count). The van der Waals surface area contributed by atoms with Crippen LogP contribution in [0.3, 0.4) is 0 Å². The zero-order valence-corrected chi connectivity index (χ0v) is 14.0. The number of hydrogen-bond donors (Lipinski definition) is 3. The van der Waals surface area contributed by atoms with Crippen molar-refractivity contribution < 1.29 is 9.32 Å². The summed E-state index contributed by atoms with van der Waals surface area (Å²) < 4.78 is 4.94. The minimum Gasteiger partial charge on any atom is -0.360 e. The van der Waals surface area contributed by atoms with E-state index in [0.29, 0.717) is 30.2 Å². The summed E-state index contributed by atoms with van der Waals surface area (Å²) in [5.41, 5.74) is 7.91. The number of amides is 1. The fourth-order valence-electron chi connectivity index (χ4n) is 2.94. The Bertz CT molecular complexity index is 673.